The summed E-state index contributed by atoms with van der Waals surface area (Å²) < 4.78 is 12.5. The molecule has 0 aliphatic rings. The van der Waals surface area contributed by atoms with Crippen LogP contribution in [0.2, 0.25) is 5.02 Å². The first-order valence-corrected chi connectivity index (χ1v) is 4.13. The molecule has 1 rings (SSSR count). The van der Waals surface area contributed by atoms with Crippen LogP contribution in [0.25, 0.3) is 0 Å². The molecule has 0 atom stereocenters. The maximum Gasteiger partial charge on any atom is 0.322 e. The Kier molecular flexibility index (Phi) is 2.72. The topological polar surface area (TPSA) is 63.4 Å². The number of aromatic hydroxyl groups is 1. The fourth-order valence-corrected chi connectivity index (χ4v) is 1.59. The maximum atomic E-state index is 12.9. The van der Waals surface area contributed by atoms with Crippen LogP contribution in [-0.2, 0) is 0 Å². The summed E-state index contributed by atoms with van der Waals surface area (Å²) in [5.41, 5.74) is -0.832. The Morgan fingerprint density at radius 1 is 1.69 bits per heavy atom. The number of halogens is 3. The monoisotopic (exact) mass is 269 g/mol. The molecule has 70 valence electrons. The molecule has 0 saturated heterocycles. The van der Waals surface area contributed by atoms with Crippen molar-refractivity contribution >= 4 is 33.2 Å². The van der Waals surface area contributed by atoms with Gasteiger partial charge >= 0.3 is 5.69 Å². The van der Waals surface area contributed by atoms with Crippen LogP contribution in [0.5, 0.6) is 5.75 Å². The molecule has 0 radical (unpaired) electrons. The molecule has 0 aromatic heterocycles. The molecule has 0 unspecified atom stereocenters. The first kappa shape index (κ1) is 10.2. The van der Waals surface area contributed by atoms with E-state index in [0.29, 0.717) is 6.07 Å². The van der Waals surface area contributed by atoms with E-state index in [1.165, 1.54) is 0 Å². The average Bonchev–Trinajstić information content (AvgIpc) is 1.99. The number of nitrogens with zero attached hydrogens (tertiary/aromatic N) is 1. The van der Waals surface area contributed by atoms with Crippen molar-refractivity contribution in [2.24, 2.45) is 0 Å². The van der Waals surface area contributed by atoms with Crippen molar-refractivity contribution in [3.63, 3.8) is 0 Å². The van der Waals surface area contributed by atoms with Gasteiger partial charge in [-0.2, -0.15) is 4.39 Å². The largest absolute Gasteiger partial charge is 0.505 e. The van der Waals surface area contributed by atoms with Gasteiger partial charge in [0.1, 0.15) is 4.47 Å². The number of hydrogen-bond acceptors (Lipinski definition) is 3. The Labute approximate surface area is 85.2 Å². The van der Waals surface area contributed by atoms with Gasteiger partial charge in [-0.05, 0) is 15.9 Å². The molecular formula is C6H2BrClFNO3. The smallest absolute Gasteiger partial charge is 0.322 e. The molecule has 0 fully saturated rings. The van der Waals surface area contributed by atoms with Crippen molar-refractivity contribution in [2.75, 3.05) is 0 Å². The number of nitro benzene ring substituents is 1. The molecule has 1 N–H and O–H groups in total. The van der Waals surface area contributed by atoms with Gasteiger partial charge in [-0.25, -0.2) is 0 Å². The molecule has 0 amide bonds. The fourth-order valence-electron chi connectivity index (χ4n) is 0.737. The molecule has 0 bridgehead atoms. The minimum absolute atomic E-state index is 0.282. The minimum atomic E-state index is -1.10. The van der Waals surface area contributed by atoms with Gasteiger partial charge in [0.05, 0.1) is 9.95 Å². The predicted octanol–water partition coefficient (Wildman–Crippen LogP) is 2.86. The number of phenolic OH excluding ortho intramolecular Hbond substituents is 1. The minimum Gasteiger partial charge on any atom is -0.505 e. The van der Waals surface area contributed by atoms with Gasteiger partial charge in [-0.1, -0.05) is 11.6 Å². The van der Waals surface area contributed by atoms with Crippen LogP contribution in [0.1, 0.15) is 0 Å². The van der Waals surface area contributed by atoms with Crippen LogP contribution in [-0.4, -0.2) is 10.0 Å². The Bertz CT molecular complexity index is 385. The quantitative estimate of drug-likeness (QED) is 0.630. The van der Waals surface area contributed by atoms with Crippen LogP contribution in [0.4, 0.5) is 10.1 Å². The first-order chi connectivity index (χ1) is 5.95. The molecule has 1 aromatic carbocycles. The zero-order valence-electron chi connectivity index (χ0n) is 5.92. The Morgan fingerprint density at radius 2 is 2.23 bits per heavy atom. The summed E-state index contributed by atoms with van der Waals surface area (Å²) in [5.74, 6) is -1.64. The van der Waals surface area contributed by atoms with E-state index in [1.54, 1.807) is 0 Å². The molecule has 4 nitrogen and oxygen atoms in total. The van der Waals surface area contributed by atoms with Crippen LogP contribution >= 0.6 is 27.5 Å². The average molecular weight is 270 g/mol. The van der Waals surface area contributed by atoms with Gasteiger partial charge < -0.3 is 5.11 Å². The normalized spacial score (nSPS) is 10.1. The summed E-state index contributed by atoms with van der Waals surface area (Å²) in [7, 11) is 0. The highest BCUT2D eigenvalue weighted by Gasteiger charge is 2.24. The second-order valence-electron chi connectivity index (χ2n) is 2.11. The van der Waals surface area contributed by atoms with Crippen molar-refractivity contribution in [2.45, 2.75) is 0 Å². The van der Waals surface area contributed by atoms with E-state index in [2.05, 4.69) is 15.9 Å². The number of hydrogen-bond donors (Lipinski definition) is 1. The highest BCUT2D eigenvalue weighted by molar-refractivity contribution is 9.10. The predicted molar refractivity (Wildman–Crippen MR) is 47.4 cm³/mol. The SMILES string of the molecule is O=[N+]([O-])c1c(F)cc(Cl)c(O)c1Br. The molecule has 0 aliphatic heterocycles. The summed E-state index contributed by atoms with van der Waals surface area (Å²) in [6.45, 7) is 0. The third kappa shape index (κ3) is 1.73. The second kappa shape index (κ2) is 3.47. The summed E-state index contributed by atoms with van der Waals surface area (Å²) in [4.78, 5) is 9.34. The van der Waals surface area contributed by atoms with Crippen molar-refractivity contribution in [1.29, 1.82) is 0 Å². The standard InChI is InChI=1S/C6H2BrClFNO3/c7-4-5(10(12)13)3(9)1-2(8)6(4)11/h1,11H. The van der Waals surface area contributed by atoms with Crippen LogP contribution in [0.15, 0.2) is 10.5 Å². The number of nitro groups is 1. The first-order valence-electron chi connectivity index (χ1n) is 2.96. The number of rotatable bonds is 1. The zero-order valence-corrected chi connectivity index (χ0v) is 8.26. The van der Waals surface area contributed by atoms with Gasteiger partial charge in [0, 0.05) is 6.07 Å². The van der Waals surface area contributed by atoms with E-state index >= 15 is 0 Å². The summed E-state index contributed by atoms with van der Waals surface area (Å²) in [5, 5.41) is 19.1. The number of benzene rings is 1. The molecule has 0 saturated carbocycles. The summed E-state index contributed by atoms with van der Waals surface area (Å²) >= 11 is 8.02. The number of phenols is 1. The van der Waals surface area contributed by atoms with Crippen LogP contribution in [0.3, 0.4) is 0 Å². The van der Waals surface area contributed by atoms with Gasteiger partial charge in [-0.3, -0.25) is 10.1 Å². The lowest BCUT2D eigenvalue weighted by Crippen LogP contribution is -1.94. The fraction of sp³-hybridized carbons (Fsp3) is 0. The molecule has 0 heterocycles. The van der Waals surface area contributed by atoms with Gasteiger partial charge in [0.25, 0.3) is 0 Å². The lowest BCUT2D eigenvalue weighted by molar-refractivity contribution is -0.388. The van der Waals surface area contributed by atoms with Crippen molar-refractivity contribution in [3.05, 3.63) is 31.5 Å². The Balaban J connectivity index is 3.53. The zero-order chi connectivity index (χ0) is 10.2. The molecule has 1 aromatic rings. The Hall–Kier alpha value is -0.880. The Morgan fingerprint density at radius 3 is 2.69 bits per heavy atom. The van der Waals surface area contributed by atoms with E-state index in [9.17, 15) is 14.5 Å². The third-order valence-corrected chi connectivity index (χ3v) is 2.34. The lowest BCUT2D eigenvalue weighted by atomic mass is 10.3. The van der Waals surface area contributed by atoms with Crippen molar-refractivity contribution < 1.29 is 14.4 Å². The second-order valence-corrected chi connectivity index (χ2v) is 3.31. The van der Waals surface area contributed by atoms with Crippen molar-refractivity contribution in [3.8, 4) is 5.75 Å². The third-order valence-electron chi connectivity index (χ3n) is 1.30. The molecule has 0 aliphatic carbocycles. The highest BCUT2D eigenvalue weighted by Crippen LogP contribution is 2.40. The maximum absolute atomic E-state index is 12.9. The molecule has 0 spiro atoms. The van der Waals surface area contributed by atoms with E-state index in [0.717, 1.165) is 0 Å². The highest BCUT2D eigenvalue weighted by atomic mass is 79.9. The summed E-state index contributed by atoms with van der Waals surface area (Å²) in [6, 6.07) is 0.680. The van der Waals surface area contributed by atoms with E-state index in [-0.39, 0.29) is 9.50 Å². The van der Waals surface area contributed by atoms with Gasteiger partial charge in [0.15, 0.2) is 5.75 Å². The van der Waals surface area contributed by atoms with Crippen LogP contribution < -0.4 is 0 Å². The molecule has 7 heteroatoms. The molecular weight excluding hydrogens is 268 g/mol. The van der Waals surface area contributed by atoms with Gasteiger partial charge in [0.2, 0.25) is 5.82 Å². The van der Waals surface area contributed by atoms with Gasteiger partial charge in [-0.15, -0.1) is 0 Å². The summed E-state index contributed by atoms with van der Waals surface area (Å²) in [6.07, 6.45) is 0. The van der Waals surface area contributed by atoms with E-state index in [4.69, 9.17) is 16.7 Å². The van der Waals surface area contributed by atoms with E-state index < -0.39 is 22.2 Å². The van der Waals surface area contributed by atoms with Crippen LogP contribution in [0, 0.1) is 15.9 Å². The lowest BCUT2D eigenvalue weighted by Gasteiger charge is -2.01. The van der Waals surface area contributed by atoms with E-state index in [1.807, 2.05) is 0 Å². The molecule has 13 heavy (non-hydrogen) atoms. The van der Waals surface area contributed by atoms with Crippen molar-refractivity contribution in [1.82, 2.24) is 0 Å².